The highest BCUT2D eigenvalue weighted by Gasteiger charge is 2.05. The third-order valence-electron chi connectivity index (χ3n) is 4.02. The number of hydrogen-bond acceptors (Lipinski definition) is 1. The lowest BCUT2D eigenvalue weighted by molar-refractivity contribution is 0.488. The Morgan fingerprint density at radius 2 is 1.32 bits per heavy atom. The minimum atomic E-state index is 0.465. The molecule has 0 rings (SSSR count). The van der Waals surface area contributed by atoms with E-state index in [0.717, 1.165) is 11.7 Å². The maximum Gasteiger partial charge on any atom is 0.166 e. The van der Waals surface area contributed by atoms with Crippen LogP contribution in [0.15, 0.2) is 0 Å². The van der Waals surface area contributed by atoms with Crippen molar-refractivity contribution in [1.82, 2.24) is 10.6 Å². The van der Waals surface area contributed by atoms with Crippen LogP contribution in [0.1, 0.15) is 98.3 Å². The number of rotatable bonds is 14. The largest absolute Gasteiger partial charge is 0.363 e. The molecule has 0 heterocycles. The summed E-state index contributed by atoms with van der Waals surface area (Å²) in [7, 11) is 0. The van der Waals surface area contributed by atoms with Crippen LogP contribution in [-0.4, -0.2) is 17.7 Å². The van der Waals surface area contributed by atoms with E-state index in [9.17, 15) is 0 Å². The normalized spacial score (nSPS) is 12.4. The predicted molar refractivity (Wildman–Crippen MR) is 104 cm³/mol. The molecule has 0 aromatic carbocycles. The van der Waals surface area contributed by atoms with E-state index in [0.29, 0.717) is 12.0 Å². The lowest BCUT2D eigenvalue weighted by Crippen LogP contribution is -2.41. The zero-order chi connectivity index (χ0) is 16.6. The molecule has 0 amide bonds. The number of thiocarbonyl (C=S) groups is 1. The Labute approximate surface area is 145 Å². The van der Waals surface area contributed by atoms with Gasteiger partial charge in [0, 0.05) is 12.6 Å². The Bertz CT molecular complexity index is 254. The predicted octanol–water partition coefficient (Wildman–Crippen LogP) is 5.81. The van der Waals surface area contributed by atoms with Gasteiger partial charge in [0.1, 0.15) is 0 Å². The second kappa shape index (κ2) is 15.6. The molecule has 2 N–H and O–H groups in total. The first-order valence-corrected chi connectivity index (χ1v) is 10.0. The van der Waals surface area contributed by atoms with Gasteiger partial charge in [-0.25, -0.2) is 0 Å². The van der Waals surface area contributed by atoms with Crippen LogP contribution in [0.4, 0.5) is 0 Å². The van der Waals surface area contributed by atoms with Crippen molar-refractivity contribution in [2.24, 2.45) is 5.92 Å². The summed E-state index contributed by atoms with van der Waals surface area (Å²) in [6.07, 6.45) is 15.0. The summed E-state index contributed by atoms with van der Waals surface area (Å²) in [5.41, 5.74) is 0. The molecular weight excluding hydrogens is 288 g/mol. The van der Waals surface area contributed by atoms with Crippen molar-refractivity contribution in [3.8, 4) is 0 Å². The third kappa shape index (κ3) is 16.1. The summed E-state index contributed by atoms with van der Waals surface area (Å²) in [4.78, 5) is 0. The number of unbranched alkanes of at least 4 members (excludes halogenated alkanes) is 9. The zero-order valence-corrected chi connectivity index (χ0v) is 16.4. The molecule has 0 radical (unpaired) electrons. The summed E-state index contributed by atoms with van der Waals surface area (Å²) in [5, 5.41) is 7.52. The summed E-state index contributed by atoms with van der Waals surface area (Å²) >= 11 is 5.33. The fourth-order valence-electron chi connectivity index (χ4n) is 2.86. The Morgan fingerprint density at radius 1 is 0.818 bits per heavy atom. The Balaban J connectivity index is 3.26. The van der Waals surface area contributed by atoms with Crippen LogP contribution >= 0.6 is 12.2 Å². The van der Waals surface area contributed by atoms with Gasteiger partial charge >= 0.3 is 0 Å². The monoisotopic (exact) mass is 328 g/mol. The van der Waals surface area contributed by atoms with Gasteiger partial charge < -0.3 is 10.6 Å². The smallest absolute Gasteiger partial charge is 0.166 e. The molecular formula is C19H40N2S. The van der Waals surface area contributed by atoms with Crippen molar-refractivity contribution in [3.63, 3.8) is 0 Å². The summed E-state index contributed by atoms with van der Waals surface area (Å²) < 4.78 is 0. The van der Waals surface area contributed by atoms with Gasteiger partial charge in [0.15, 0.2) is 5.11 Å². The molecule has 0 saturated carbocycles. The van der Waals surface area contributed by atoms with Crippen LogP contribution < -0.4 is 10.6 Å². The molecule has 2 nitrogen and oxygen atoms in total. The molecule has 0 spiro atoms. The van der Waals surface area contributed by atoms with Crippen LogP contribution in [-0.2, 0) is 0 Å². The van der Waals surface area contributed by atoms with Crippen molar-refractivity contribution >= 4 is 17.3 Å². The van der Waals surface area contributed by atoms with Crippen LogP contribution in [0.25, 0.3) is 0 Å². The van der Waals surface area contributed by atoms with Gasteiger partial charge in [-0.3, -0.25) is 0 Å². The molecule has 1 atom stereocenters. The summed E-state index contributed by atoms with van der Waals surface area (Å²) in [5.74, 6) is 0.715. The second-order valence-corrected chi connectivity index (χ2v) is 7.52. The maximum absolute atomic E-state index is 5.33. The van der Waals surface area contributed by atoms with Crippen molar-refractivity contribution < 1.29 is 0 Å². The Morgan fingerprint density at radius 3 is 1.82 bits per heavy atom. The highest BCUT2D eigenvalue weighted by Crippen LogP contribution is 2.10. The average Bonchev–Trinajstić information content (AvgIpc) is 2.43. The topological polar surface area (TPSA) is 24.1 Å². The highest BCUT2D eigenvalue weighted by molar-refractivity contribution is 7.80. The first kappa shape index (κ1) is 21.7. The minimum Gasteiger partial charge on any atom is -0.363 e. The second-order valence-electron chi connectivity index (χ2n) is 7.11. The van der Waals surface area contributed by atoms with E-state index in [1.54, 1.807) is 0 Å². The molecule has 0 saturated heterocycles. The van der Waals surface area contributed by atoms with Gasteiger partial charge in [0.05, 0.1) is 0 Å². The van der Waals surface area contributed by atoms with Gasteiger partial charge in [0.25, 0.3) is 0 Å². The molecule has 0 aliphatic carbocycles. The quantitative estimate of drug-likeness (QED) is 0.311. The number of nitrogens with one attached hydrogen (secondary N) is 2. The van der Waals surface area contributed by atoms with Crippen LogP contribution in [0, 0.1) is 5.92 Å². The minimum absolute atomic E-state index is 0.465. The fourth-order valence-corrected chi connectivity index (χ4v) is 3.16. The van der Waals surface area contributed by atoms with E-state index in [2.05, 4.69) is 38.3 Å². The van der Waals surface area contributed by atoms with E-state index in [1.165, 1.54) is 70.6 Å². The van der Waals surface area contributed by atoms with Gasteiger partial charge in [-0.05, 0) is 37.9 Å². The molecule has 1 unspecified atom stereocenters. The molecule has 132 valence electrons. The van der Waals surface area contributed by atoms with Crippen LogP contribution in [0.3, 0.4) is 0 Å². The summed E-state index contributed by atoms with van der Waals surface area (Å²) in [6, 6.07) is 0.465. The molecule has 0 aromatic rings. The van der Waals surface area contributed by atoms with E-state index >= 15 is 0 Å². The van der Waals surface area contributed by atoms with Gasteiger partial charge in [0.2, 0.25) is 0 Å². The molecule has 0 bridgehead atoms. The first-order chi connectivity index (χ1) is 10.6. The van der Waals surface area contributed by atoms with Gasteiger partial charge in [-0.1, -0.05) is 78.6 Å². The van der Waals surface area contributed by atoms with Crippen molar-refractivity contribution in [2.45, 2.75) is 104 Å². The van der Waals surface area contributed by atoms with Gasteiger partial charge in [-0.2, -0.15) is 0 Å². The van der Waals surface area contributed by atoms with Crippen molar-refractivity contribution in [3.05, 3.63) is 0 Å². The average molecular weight is 329 g/mol. The molecule has 0 aliphatic heterocycles. The molecule has 0 aliphatic rings. The zero-order valence-electron chi connectivity index (χ0n) is 15.5. The lowest BCUT2D eigenvalue weighted by Gasteiger charge is -2.18. The molecule has 22 heavy (non-hydrogen) atoms. The maximum atomic E-state index is 5.33. The SMILES string of the molecule is CCCCCCCCCCCCNC(=S)NC(C)CC(C)C. The molecule has 3 heteroatoms. The van der Waals surface area contributed by atoms with Crippen molar-refractivity contribution in [2.75, 3.05) is 6.54 Å². The van der Waals surface area contributed by atoms with Crippen molar-refractivity contribution in [1.29, 1.82) is 0 Å². The van der Waals surface area contributed by atoms with Crippen LogP contribution in [0.5, 0.6) is 0 Å². The summed E-state index contributed by atoms with van der Waals surface area (Å²) in [6.45, 7) is 9.99. The van der Waals surface area contributed by atoms with E-state index in [-0.39, 0.29) is 0 Å². The standard InChI is InChI=1S/C19H40N2S/c1-5-6-7-8-9-10-11-12-13-14-15-20-19(22)21-18(4)16-17(2)3/h17-18H,5-16H2,1-4H3,(H2,20,21,22). The van der Waals surface area contributed by atoms with E-state index in [4.69, 9.17) is 12.2 Å². The lowest BCUT2D eigenvalue weighted by atomic mass is 10.1. The van der Waals surface area contributed by atoms with E-state index < -0.39 is 0 Å². The van der Waals surface area contributed by atoms with E-state index in [1.807, 2.05) is 0 Å². The number of hydrogen-bond donors (Lipinski definition) is 2. The Hall–Kier alpha value is -0.310. The third-order valence-corrected chi connectivity index (χ3v) is 4.28. The first-order valence-electron chi connectivity index (χ1n) is 9.60. The van der Waals surface area contributed by atoms with Crippen LogP contribution in [0.2, 0.25) is 0 Å². The Kier molecular flexibility index (Phi) is 15.4. The van der Waals surface area contributed by atoms with Gasteiger partial charge in [-0.15, -0.1) is 0 Å². The molecule has 0 aromatic heterocycles. The fraction of sp³-hybridized carbons (Fsp3) is 0.947. The molecule has 0 fully saturated rings. The highest BCUT2D eigenvalue weighted by atomic mass is 32.1.